The van der Waals surface area contributed by atoms with E-state index in [1.807, 2.05) is 5.43 Å². The first kappa shape index (κ1) is 11.0. The minimum absolute atomic E-state index is 0.175. The summed E-state index contributed by atoms with van der Waals surface area (Å²) >= 11 is 0. The van der Waals surface area contributed by atoms with Crippen LogP contribution in [0.1, 0.15) is 16.1 Å². The Hall–Kier alpha value is -1.50. The maximum absolute atomic E-state index is 11.1. The van der Waals surface area contributed by atoms with Crippen LogP contribution in [-0.2, 0) is 16.1 Å². The number of hydrogen-bond donors (Lipinski definition) is 2. The van der Waals surface area contributed by atoms with Gasteiger partial charge in [-0.1, -0.05) is 0 Å². The molecule has 2 rings (SSSR count). The highest BCUT2D eigenvalue weighted by Crippen LogP contribution is 2.09. The van der Waals surface area contributed by atoms with E-state index in [9.17, 15) is 4.79 Å². The van der Waals surface area contributed by atoms with E-state index in [1.54, 1.807) is 12.1 Å². The van der Waals surface area contributed by atoms with Crippen molar-refractivity contribution in [2.75, 3.05) is 13.2 Å². The number of rotatable bonds is 4. The quantitative estimate of drug-likeness (QED) is 0.412. The van der Waals surface area contributed by atoms with Gasteiger partial charge < -0.3 is 9.47 Å². The summed E-state index contributed by atoms with van der Waals surface area (Å²) in [6.45, 7) is 1.72. The lowest BCUT2D eigenvalue weighted by molar-refractivity contribution is -0.135. The summed E-state index contributed by atoms with van der Waals surface area (Å²) in [5.41, 5.74) is 3.25. The van der Waals surface area contributed by atoms with E-state index in [1.165, 1.54) is 6.20 Å². The van der Waals surface area contributed by atoms with E-state index in [4.69, 9.17) is 15.3 Å². The van der Waals surface area contributed by atoms with Crippen molar-refractivity contribution in [2.24, 2.45) is 5.84 Å². The number of carbonyl (C=O) groups is 1. The second kappa shape index (κ2) is 5.02. The van der Waals surface area contributed by atoms with Gasteiger partial charge >= 0.3 is 0 Å². The Morgan fingerprint density at radius 1 is 1.62 bits per heavy atom. The highest BCUT2D eigenvalue weighted by molar-refractivity contribution is 5.93. The Labute approximate surface area is 92.7 Å². The summed E-state index contributed by atoms with van der Waals surface area (Å²) < 4.78 is 10.5. The number of nitrogens with zero attached hydrogens (tertiary/aromatic N) is 1. The van der Waals surface area contributed by atoms with Gasteiger partial charge in [0.05, 0.1) is 31.1 Å². The molecule has 3 N–H and O–H groups in total. The van der Waals surface area contributed by atoms with E-state index in [0.29, 0.717) is 25.4 Å². The fraction of sp³-hybridized carbons (Fsp3) is 0.400. The lowest BCUT2D eigenvalue weighted by Crippen LogP contribution is -2.35. The van der Waals surface area contributed by atoms with Gasteiger partial charge in [0.2, 0.25) is 0 Å². The van der Waals surface area contributed by atoms with Crippen LogP contribution in [0.5, 0.6) is 0 Å². The predicted octanol–water partition coefficient (Wildman–Crippen LogP) is -0.400. The van der Waals surface area contributed by atoms with E-state index in [2.05, 4.69) is 4.98 Å². The van der Waals surface area contributed by atoms with E-state index >= 15 is 0 Å². The van der Waals surface area contributed by atoms with E-state index < -0.39 is 0 Å². The zero-order valence-corrected chi connectivity index (χ0v) is 8.68. The number of amides is 1. The van der Waals surface area contributed by atoms with Crippen LogP contribution in [-0.4, -0.2) is 30.2 Å². The van der Waals surface area contributed by atoms with Crippen LogP contribution in [0.3, 0.4) is 0 Å². The molecule has 0 radical (unpaired) electrons. The molecule has 16 heavy (non-hydrogen) atoms. The predicted molar refractivity (Wildman–Crippen MR) is 55.3 cm³/mol. The lowest BCUT2D eigenvalue weighted by atomic mass is 10.2. The standard InChI is InChI=1S/C10H13N3O3/c11-13-10(14)7-1-2-8(12-3-7)4-16-9-5-15-6-9/h1-3,9H,4-6,11H2,(H,13,14). The third-order valence-corrected chi connectivity index (χ3v) is 2.29. The summed E-state index contributed by atoms with van der Waals surface area (Å²) in [6.07, 6.45) is 1.65. The number of nitrogen functional groups attached to an aromatic ring is 1. The third kappa shape index (κ3) is 2.54. The molecule has 0 aliphatic carbocycles. The molecule has 1 fully saturated rings. The summed E-state index contributed by atoms with van der Waals surface area (Å²) in [5.74, 6) is 4.65. The zero-order valence-electron chi connectivity index (χ0n) is 8.68. The van der Waals surface area contributed by atoms with Crippen LogP contribution >= 0.6 is 0 Å². The molecule has 0 spiro atoms. The molecule has 6 heteroatoms. The first-order valence-electron chi connectivity index (χ1n) is 4.95. The lowest BCUT2D eigenvalue weighted by Gasteiger charge is -2.25. The average molecular weight is 223 g/mol. The molecule has 0 bridgehead atoms. The molecule has 2 heterocycles. The van der Waals surface area contributed by atoms with Crippen molar-refractivity contribution in [2.45, 2.75) is 12.7 Å². The Balaban J connectivity index is 1.88. The number of nitrogens with one attached hydrogen (secondary N) is 1. The Bertz CT molecular complexity index is 362. The molecule has 6 nitrogen and oxygen atoms in total. The van der Waals surface area contributed by atoms with Crippen molar-refractivity contribution in [1.29, 1.82) is 0 Å². The largest absolute Gasteiger partial charge is 0.376 e. The van der Waals surface area contributed by atoms with E-state index in [-0.39, 0.29) is 12.0 Å². The maximum Gasteiger partial charge on any atom is 0.266 e. The molecule has 1 aliphatic rings. The van der Waals surface area contributed by atoms with Crippen molar-refractivity contribution in [3.63, 3.8) is 0 Å². The van der Waals surface area contributed by atoms with Gasteiger partial charge in [0.1, 0.15) is 6.10 Å². The summed E-state index contributed by atoms with van der Waals surface area (Å²) in [4.78, 5) is 15.2. The molecule has 0 saturated carbocycles. The first-order chi connectivity index (χ1) is 7.79. The molecular formula is C10H13N3O3. The van der Waals surface area contributed by atoms with Gasteiger partial charge in [-0.3, -0.25) is 15.2 Å². The normalized spacial score (nSPS) is 15.6. The second-order valence-corrected chi connectivity index (χ2v) is 3.48. The van der Waals surface area contributed by atoms with Gasteiger partial charge in [0.25, 0.3) is 5.91 Å². The molecule has 1 saturated heterocycles. The highest BCUT2D eigenvalue weighted by atomic mass is 16.6. The minimum atomic E-state index is -0.354. The van der Waals surface area contributed by atoms with Crippen LogP contribution in [0.4, 0.5) is 0 Å². The smallest absolute Gasteiger partial charge is 0.266 e. The van der Waals surface area contributed by atoms with Gasteiger partial charge in [-0.25, -0.2) is 5.84 Å². The maximum atomic E-state index is 11.1. The molecule has 1 aliphatic heterocycles. The molecule has 1 aromatic rings. The number of hydrogen-bond acceptors (Lipinski definition) is 5. The van der Waals surface area contributed by atoms with Crippen LogP contribution in [0.25, 0.3) is 0 Å². The highest BCUT2D eigenvalue weighted by Gasteiger charge is 2.18. The third-order valence-electron chi connectivity index (χ3n) is 2.29. The molecule has 0 atom stereocenters. The van der Waals surface area contributed by atoms with Crippen molar-refractivity contribution < 1.29 is 14.3 Å². The molecule has 1 amide bonds. The zero-order chi connectivity index (χ0) is 11.4. The minimum Gasteiger partial charge on any atom is -0.376 e. The number of hydrazine groups is 1. The van der Waals surface area contributed by atoms with Crippen LogP contribution in [0.15, 0.2) is 18.3 Å². The fourth-order valence-electron chi connectivity index (χ4n) is 1.24. The van der Waals surface area contributed by atoms with Gasteiger partial charge in [0, 0.05) is 6.20 Å². The first-order valence-corrected chi connectivity index (χ1v) is 4.95. The summed E-state index contributed by atoms with van der Waals surface area (Å²) in [7, 11) is 0. The average Bonchev–Trinajstić information content (AvgIpc) is 2.27. The number of ether oxygens (including phenoxy) is 2. The van der Waals surface area contributed by atoms with Gasteiger partial charge in [-0.15, -0.1) is 0 Å². The number of aromatic nitrogens is 1. The number of nitrogens with two attached hydrogens (primary N) is 1. The molecular weight excluding hydrogens is 210 g/mol. The van der Waals surface area contributed by atoms with Crippen molar-refractivity contribution in [3.8, 4) is 0 Å². The van der Waals surface area contributed by atoms with Crippen LogP contribution in [0, 0.1) is 0 Å². The van der Waals surface area contributed by atoms with Gasteiger partial charge in [-0.2, -0.15) is 0 Å². The number of carbonyl (C=O) groups excluding carboxylic acids is 1. The van der Waals surface area contributed by atoms with Crippen LogP contribution < -0.4 is 11.3 Å². The van der Waals surface area contributed by atoms with Gasteiger partial charge in [-0.05, 0) is 12.1 Å². The fourth-order valence-corrected chi connectivity index (χ4v) is 1.24. The summed E-state index contributed by atoms with van der Waals surface area (Å²) in [6, 6.07) is 3.40. The molecule has 0 unspecified atom stereocenters. The van der Waals surface area contributed by atoms with Crippen molar-refractivity contribution in [1.82, 2.24) is 10.4 Å². The Morgan fingerprint density at radius 3 is 2.94 bits per heavy atom. The van der Waals surface area contributed by atoms with Crippen LogP contribution in [0.2, 0.25) is 0 Å². The molecule has 0 aromatic carbocycles. The Kier molecular flexibility index (Phi) is 3.45. The van der Waals surface area contributed by atoms with Crippen molar-refractivity contribution in [3.05, 3.63) is 29.6 Å². The summed E-state index contributed by atoms with van der Waals surface area (Å²) in [5, 5.41) is 0. The number of pyridine rings is 1. The topological polar surface area (TPSA) is 86.5 Å². The van der Waals surface area contributed by atoms with E-state index in [0.717, 1.165) is 5.69 Å². The second-order valence-electron chi connectivity index (χ2n) is 3.48. The SMILES string of the molecule is NNC(=O)c1ccc(COC2COC2)nc1. The molecule has 1 aromatic heterocycles. The monoisotopic (exact) mass is 223 g/mol. The van der Waals surface area contributed by atoms with Gasteiger partial charge in [0.15, 0.2) is 0 Å². The molecule has 86 valence electrons. The Morgan fingerprint density at radius 2 is 2.44 bits per heavy atom. The van der Waals surface area contributed by atoms with Crippen molar-refractivity contribution >= 4 is 5.91 Å².